The number of hydrogen-bond acceptors (Lipinski definition) is 2. The van der Waals surface area contributed by atoms with Crippen LogP contribution in [-0.2, 0) is 0 Å². The van der Waals surface area contributed by atoms with Crippen molar-refractivity contribution in [3.63, 3.8) is 0 Å². The van der Waals surface area contributed by atoms with Gasteiger partial charge < -0.3 is 0 Å². The van der Waals surface area contributed by atoms with E-state index in [9.17, 15) is 0 Å². The Morgan fingerprint density at radius 2 is 2.20 bits per heavy atom. The largest absolute Gasteiger partial charge is 0.279 e. The predicted molar refractivity (Wildman–Crippen MR) is 71.7 cm³/mol. The summed E-state index contributed by atoms with van der Waals surface area (Å²) in [6.45, 7) is 8.95. The zero-order valence-corrected chi connectivity index (χ0v) is 11.0. The summed E-state index contributed by atoms with van der Waals surface area (Å²) >= 11 is 1.76. The van der Waals surface area contributed by atoms with Crippen LogP contribution in [0.5, 0.6) is 0 Å². The monoisotopic (exact) mass is 223 g/mol. The molecule has 0 bridgehead atoms. The van der Waals surface area contributed by atoms with Crippen LogP contribution in [0, 0.1) is 5.41 Å². The number of nitrogens with zero attached hydrogens (tertiary/aromatic N) is 1. The molecule has 0 aliphatic carbocycles. The van der Waals surface area contributed by atoms with Crippen molar-refractivity contribution in [3.8, 4) is 0 Å². The van der Waals surface area contributed by atoms with Gasteiger partial charge in [-0.3, -0.25) is 4.99 Å². The molecule has 0 saturated carbocycles. The van der Waals surface area contributed by atoms with E-state index in [2.05, 4.69) is 50.9 Å². The smallest absolute Gasteiger partial charge is 0.0689 e. The van der Waals surface area contributed by atoms with Crippen LogP contribution in [0.25, 0.3) is 0 Å². The Bertz CT molecular complexity index is 281. The first-order valence-electron chi connectivity index (χ1n) is 5.56. The van der Waals surface area contributed by atoms with E-state index in [0.717, 1.165) is 12.2 Å². The number of allylic oxidation sites excluding steroid dienone is 2. The highest BCUT2D eigenvalue weighted by molar-refractivity contribution is 8.12. The molecule has 84 valence electrons. The molecular formula is C13H21NS. The minimum Gasteiger partial charge on any atom is -0.279 e. The van der Waals surface area contributed by atoms with E-state index in [1.165, 1.54) is 5.57 Å². The minimum absolute atomic E-state index is 0.217. The van der Waals surface area contributed by atoms with Crippen LogP contribution < -0.4 is 0 Å². The molecule has 0 radical (unpaired) electrons. The van der Waals surface area contributed by atoms with Gasteiger partial charge in [-0.1, -0.05) is 45.9 Å². The maximum atomic E-state index is 4.55. The van der Waals surface area contributed by atoms with Gasteiger partial charge in [-0.15, -0.1) is 11.8 Å². The third kappa shape index (κ3) is 4.25. The summed E-state index contributed by atoms with van der Waals surface area (Å²) in [6.07, 6.45) is 7.86. The summed E-state index contributed by atoms with van der Waals surface area (Å²) < 4.78 is 0. The molecule has 1 atom stereocenters. The molecule has 1 rings (SSSR count). The van der Waals surface area contributed by atoms with Gasteiger partial charge in [-0.25, -0.2) is 0 Å². The zero-order valence-electron chi connectivity index (χ0n) is 10.2. The van der Waals surface area contributed by atoms with Crippen LogP contribution in [-0.4, -0.2) is 17.3 Å². The van der Waals surface area contributed by atoms with Crippen molar-refractivity contribution in [1.82, 2.24) is 0 Å². The highest BCUT2D eigenvalue weighted by atomic mass is 32.2. The second-order valence-corrected chi connectivity index (χ2v) is 5.72. The first-order chi connectivity index (χ1) is 7.04. The topological polar surface area (TPSA) is 12.4 Å². The van der Waals surface area contributed by atoms with Gasteiger partial charge in [-0.2, -0.15) is 0 Å². The van der Waals surface area contributed by atoms with E-state index in [-0.39, 0.29) is 5.41 Å². The van der Waals surface area contributed by atoms with Gasteiger partial charge in [0.05, 0.1) is 11.6 Å². The minimum atomic E-state index is 0.217. The van der Waals surface area contributed by atoms with Crippen LogP contribution in [0.15, 0.2) is 28.8 Å². The van der Waals surface area contributed by atoms with Gasteiger partial charge in [0.2, 0.25) is 0 Å². The van der Waals surface area contributed by atoms with Gasteiger partial charge >= 0.3 is 0 Å². The maximum Gasteiger partial charge on any atom is 0.0689 e. The lowest BCUT2D eigenvalue weighted by Gasteiger charge is -2.21. The second kappa shape index (κ2) is 5.55. The van der Waals surface area contributed by atoms with Crippen molar-refractivity contribution in [3.05, 3.63) is 23.8 Å². The van der Waals surface area contributed by atoms with E-state index in [4.69, 9.17) is 0 Å². The van der Waals surface area contributed by atoms with Crippen molar-refractivity contribution in [2.75, 3.05) is 5.75 Å². The third-order valence-corrected chi connectivity index (χ3v) is 3.13. The van der Waals surface area contributed by atoms with Gasteiger partial charge in [0.1, 0.15) is 0 Å². The van der Waals surface area contributed by atoms with Crippen molar-refractivity contribution in [2.24, 2.45) is 10.4 Å². The second-order valence-electron chi connectivity index (χ2n) is 4.84. The van der Waals surface area contributed by atoms with Crippen molar-refractivity contribution in [2.45, 2.75) is 40.2 Å². The van der Waals surface area contributed by atoms with E-state index >= 15 is 0 Å². The van der Waals surface area contributed by atoms with Gasteiger partial charge in [-0.05, 0) is 17.4 Å². The van der Waals surface area contributed by atoms with E-state index in [0.29, 0.717) is 6.04 Å². The Balaban J connectivity index is 2.96. The molecule has 1 heterocycles. The Hall–Kier alpha value is -0.500. The number of thioether (sulfide) groups is 1. The van der Waals surface area contributed by atoms with Crippen molar-refractivity contribution >= 4 is 17.3 Å². The molecule has 1 aliphatic rings. The third-order valence-electron chi connectivity index (χ3n) is 2.47. The Morgan fingerprint density at radius 1 is 1.47 bits per heavy atom. The number of rotatable bonds is 1. The first-order valence-corrected chi connectivity index (χ1v) is 6.61. The summed E-state index contributed by atoms with van der Waals surface area (Å²) in [4.78, 5) is 4.55. The molecule has 0 fully saturated rings. The van der Waals surface area contributed by atoms with Gasteiger partial charge in [0, 0.05) is 5.75 Å². The molecule has 15 heavy (non-hydrogen) atoms. The normalized spacial score (nSPS) is 30.7. The number of aliphatic imine (C=N–C) groups is 1. The fourth-order valence-corrected chi connectivity index (χ4v) is 1.96. The Morgan fingerprint density at radius 3 is 2.80 bits per heavy atom. The molecule has 0 aromatic rings. The average molecular weight is 223 g/mol. The quantitative estimate of drug-likeness (QED) is 0.653. The lowest BCUT2D eigenvalue weighted by Crippen LogP contribution is -2.10. The van der Waals surface area contributed by atoms with Crippen molar-refractivity contribution < 1.29 is 0 Å². The molecule has 1 aliphatic heterocycles. The maximum absolute atomic E-state index is 4.55. The van der Waals surface area contributed by atoms with Crippen LogP contribution >= 0.6 is 11.8 Å². The van der Waals surface area contributed by atoms with Gasteiger partial charge in [0.25, 0.3) is 0 Å². The molecule has 0 spiro atoms. The van der Waals surface area contributed by atoms with E-state index < -0.39 is 0 Å². The summed E-state index contributed by atoms with van der Waals surface area (Å²) in [5, 5.41) is 0. The summed E-state index contributed by atoms with van der Waals surface area (Å²) in [6, 6.07) is 0.342. The number of hydrogen-bond donors (Lipinski definition) is 0. The fraction of sp³-hybridized carbons (Fsp3) is 0.615. The fourth-order valence-electron chi connectivity index (χ4n) is 1.42. The lowest BCUT2D eigenvalue weighted by molar-refractivity contribution is 0.512. The molecular weight excluding hydrogens is 202 g/mol. The van der Waals surface area contributed by atoms with Crippen LogP contribution in [0.2, 0.25) is 0 Å². The van der Waals surface area contributed by atoms with Crippen molar-refractivity contribution in [1.29, 1.82) is 0 Å². The molecule has 0 aromatic heterocycles. The molecule has 1 nitrogen and oxygen atoms in total. The van der Waals surface area contributed by atoms with Gasteiger partial charge in [0.15, 0.2) is 0 Å². The summed E-state index contributed by atoms with van der Waals surface area (Å²) in [5.74, 6) is 1.02. The molecule has 0 aromatic carbocycles. The van der Waals surface area contributed by atoms with E-state index in [1.807, 2.05) is 5.55 Å². The van der Waals surface area contributed by atoms with Crippen LogP contribution in [0.3, 0.4) is 0 Å². The van der Waals surface area contributed by atoms with E-state index in [1.54, 1.807) is 11.8 Å². The molecule has 1 unspecified atom stereocenters. The molecule has 2 heteroatoms. The molecule has 0 N–H and O–H groups in total. The summed E-state index contributed by atoms with van der Waals surface area (Å²) in [5.41, 5.74) is 3.60. The standard InChI is InChI=1S/C13H21NS/c1-5-12-9-11(13(2,3)4)7-6-8-15-10-14-12/h6-7,9-10,12H,5,8H2,1-4H3/b7-6-,11-9+,14-10-. The summed E-state index contributed by atoms with van der Waals surface area (Å²) in [7, 11) is 0. The molecule has 0 saturated heterocycles. The van der Waals surface area contributed by atoms with Crippen LogP contribution in [0.4, 0.5) is 0 Å². The lowest BCUT2D eigenvalue weighted by atomic mass is 9.85. The average Bonchev–Trinajstić information content (AvgIpc) is 2.27. The molecule has 0 amide bonds. The highest BCUT2D eigenvalue weighted by Gasteiger charge is 2.16. The Labute approximate surface area is 97.8 Å². The predicted octanol–water partition coefficient (Wildman–Crippen LogP) is 4.07. The van der Waals surface area contributed by atoms with Crippen LogP contribution in [0.1, 0.15) is 34.1 Å². The SMILES string of the molecule is CCC1/C=C(C(C)(C)C)\C=C/CS/C=N\1. The highest BCUT2D eigenvalue weighted by Crippen LogP contribution is 2.28. The zero-order chi connectivity index (χ0) is 11.3. The Kier molecular flexibility index (Phi) is 4.65. The first kappa shape index (κ1) is 12.6.